The molecule has 1 fully saturated rings. The second-order valence-corrected chi connectivity index (χ2v) is 10.3. The molecule has 5 rings (SSSR count). The molecule has 3 N–H and O–H groups in total. The number of ether oxygens (including phenoxy) is 2. The van der Waals surface area contributed by atoms with Crippen LogP contribution in [0.1, 0.15) is 31.7 Å². The zero-order valence-electron chi connectivity index (χ0n) is 22.9. The SMILES string of the molecule is CCC(=O)NCCOc1ccc(-c2nc3c(NC4CCN(Cc5ccc(OC)cc5)CC4)c(Cl)cnc3[nH]2)cc1. The number of piperidine rings is 1. The molecule has 40 heavy (non-hydrogen) atoms. The van der Waals surface area contributed by atoms with Gasteiger partial charge in [0.15, 0.2) is 5.65 Å². The minimum absolute atomic E-state index is 0.0154. The fourth-order valence-electron chi connectivity index (χ4n) is 4.83. The van der Waals surface area contributed by atoms with E-state index in [1.54, 1.807) is 13.3 Å². The molecule has 1 amide bonds. The highest BCUT2D eigenvalue weighted by Crippen LogP contribution is 2.32. The second-order valence-electron chi connectivity index (χ2n) is 9.88. The number of H-pyrrole nitrogens is 1. The number of likely N-dealkylation sites (tertiary alicyclic amines) is 1. The Balaban J connectivity index is 1.20. The predicted octanol–water partition coefficient (Wildman–Crippen LogP) is 5.27. The smallest absolute Gasteiger partial charge is 0.219 e. The van der Waals surface area contributed by atoms with Crippen molar-refractivity contribution in [2.75, 3.05) is 38.7 Å². The van der Waals surface area contributed by atoms with Crippen molar-refractivity contribution in [2.24, 2.45) is 0 Å². The molecular weight excluding hydrogens is 528 g/mol. The Morgan fingerprint density at radius 3 is 2.52 bits per heavy atom. The van der Waals surface area contributed by atoms with Gasteiger partial charge in [-0.15, -0.1) is 0 Å². The fourth-order valence-corrected chi connectivity index (χ4v) is 5.02. The third kappa shape index (κ3) is 6.84. The van der Waals surface area contributed by atoms with Crippen molar-refractivity contribution in [3.8, 4) is 22.9 Å². The van der Waals surface area contributed by atoms with Gasteiger partial charge in [-0.1, -0.05) is 30.7 Å². The molecular formula is C30H35ClN6O3. The van der Waals surface area contributed by atoms with E-state index < -0.39 is 0 Å². The minimum atomic E-state index is 0.0154. The summed E-state index contributed by atoms with van der Waals surface area (Å²) < 4.78 is 11.0. The maximum atomic E-state index is 11.3. The number of nitrogens with one attached hydrogen (secondary N) is 3. The number of benzene rings is 2. The summed E-state index contributed by atoms with van der Waals surface area (Å²) in [6.07, 6.45) is 4.16. The standard InChI is InChI=1S/C30H35ClN6O3/c1-3-26(38)32-14-17-40-24-10-6-21(7-11-24)29-35-28-27(25(31)18-33-30(28)36-29)34-22-12-15-37(16-13-22)19-20-4-8-23(39-2)9-5-20/h4-11,18,22H,3,12-17,19H2,1-2H3,(H,32,38)(H2,33,34,35,36). The van der Waals surface area contributed by atoms with Crippen LogP contribution in [-0.2, 0) is 11.3 Å². The molecule has 9 nitrogen and oxygen atoms in total. The summed E-state index contributed by atoms with van der Waals surface area (Å²) in [6, 6.07) is 16.3. The first-order valence-corrected chi connectivity index (χ1v) is 14.1. The Kier molecular flexibility index (Phi) is 9.03. The molecule has 0 unspecified atom stereocenters. The topological polar surface area (TPSA) is 104 Å². The van der Waals surface area contributed by atoms with E-state index in [1.807, 2.05) is 43.3 Å². The van der Waals surface area contributed by atoms with Crippen molar-refractivity contribution < 1.29 is 14.3 Å². The van der Waals surface area contributed by atoms with E-state index in [2.05, 4.69) is 37.6 Å². The van der Waals surface area contributed by atoms with Gasteiger partial charge in [0, 0.05) is 37.7 Å². The van der Waals surface area contributed by atoms with Crippen LogP contribution in [0.5, 0.6) is 11.5 Å². The van der Waals surface area contributed by atoms with Gasteiger partial charge in [-0.25, -0.2) is 9.97 Å². The fraction of sp³-hybridized carbons (Fsp3) is 0.367. The third-order valence-corrected chi connectivity index (χ3v) is 7.40. The minimum Gasteiger partial charge on any atom is -0.497 e. The number of hydrogen-bond donors (Lipinski definition) is 3. The number of nitrogens with zero attached hydrogens (tertiary/aromatic N) is 3. The number of anilines is 1. The van der Waals surface area contributed by atoms with Gasteiger partial charge in [-0.05, 0) is 54.8 Å². The summed E-state index contributed by atoms with van der Waals surface area (Å²) in [7, 11) is 1.69. The highest BCUT2D eigenvalue weighted by Gasteiger charge is 2.22. The molecule has 3 heterocycles. The number of rotatable bonds is 11. The number of aromatic nitrogens is 3. The van der Waals surface area contributed by atoms with Gasteiger partial charge < -0.3 is 25.1 Å². The van der Waals surface area contributed by atoms with Gasteiger partial charge in [0.25, 0.3) is 0 Å². The first-order valence-electron chi connectivity index (χ1n) is 13.7. The molecule has 0 aliphatic carbocycles. The predicted molar refractivity (Wildman–Crippen MR) is 158 cm³/mol. The van der Waals surface area contributed by atoms with E-state index in [9.17, 15) is 4.79 Å². The Morgan fingerprint density at radius 2 is 1.82 bits per heavy atom. The van der Waals surface area contributed by atoms with E-state index in [0.717, 1.165) is 60.7 Å². The van der Waals surface area contributed by atoms with Gasteiger partial charge in [0.2, 0.25) is 5.91 Å². The highest BCUT2D eigenvalue weighted by molar-refractivity contribution is 6.34. The quantitative estimate of drug-likeness (QED) is 0.214. The number of imidazole rings is 1. The monoisotopic (exact) mass is 562 g/mol. The van der Waals surface area contributed by atoms with Gasteiger partial charge in [-0.3, -0.25) is 9.69 Å². The van der Waals surface area contributed by atoms with Gasteiger partial charge in [0.05, 0.1) is 30.6 Å². The Hall–Kier alpha value is -3.82. The van der Waals surface area contributed by atoms with Crippen molar-refractivity contribution >= 4 is 34.4 Å². The second kappa shape index (κ2) is 13.0. The normalized spacial score (nSPS) is 14.3. The summed E-state index contributed by atoms with van der Waals surface area (Å²) in [5.74, 6) is 2.34. The lowest BCUT2D eigenvalue weighted by atomic mass is 10.0. The van der Waals surface area contributed by atoms with E-state index in [0.29, 0.717) is 42.1 Å². The molecule has 1 aliphatic rings. The van der Waals surface area contributed by atoms with Gasteiger partial charge in [0.1, 0.15) is 29.4 Å². The zero-order chi connectivity index (χ0) is 27.9. The molecule has 0 bridgehead atoms. The summed E-state index contributed by atoms with van der Waals surface area (Å²) >= 11 is 6.61. The molecule has 4 aromatic rings. The maximum absolute atomic E-state index is 11.3. The molecule has 0 spiro atoms. The Bertz CT molecular complexity index is 1420. The maximum Gasteiger partial charge on any atom is 0.219 e. The van der Waals surface area contributed by atoms with Crippen LogP contribution in [0.4, 0.5) is 5.69 Å². The van der Waals surface area contributed by atoms with Crippen molar-refractivity contribution in [3.05, 3.63) is 65.3 Å². The number of carbonyl (C=O) groups excluding carboxylic acids is 1. The first-order chi connectivity index (χ1) is 19.5. The Morgan fingerprint density at radius 1 is 1.10 bits per heavy atom. The van der Waals surface area contributed by atoms with E-state index in [4.69, 9.17) is 26.1 Å². The average molecular weight is 563 g/mol. The van der Waals surface area contributed by atoms with Crippen molar-refractivity contribution in [2.45, 2.75) is 38.8 Å². The molecule has 2 aromatic heterocycles. The lowest BCUT2D eigenvalue weighted by Gasteiger charge is -2.33. The summed E-state index contributed by atoms with van der Waals surface area (Å²) in [5.41, 5.74) is 4.44. The molecule has 2 aromatic carbocycles. The number of pyridine rings is 1. The highest BCUT2D eigenvalue weighted by atomic mass is 35.5. The Labute approximate surface area is 239 Å². The molecule has 210 valence electrons. The van der Waals surface area contributed by atoms with Crippen molar-refractivity contribution in [3.63, 3.8) is 0 Å². The summed E-state index contributed by atoms with van der Waals surface area (Å²) in [4.78, 5) is 26.5. The van der Waals surface area contributed by atoms with Gasteiger partial charge in [-0.2, -0.15) is 0 Å². The first kappa shape index (κ1) is 27.7. The van der Waals surface area contributed by atoms with Crippen LogP contribution in [0.2, 0.25) is 5.02 Å². The number of aromatic amines is 1. The number of halogens is 1. The lowest BCUT2D eigenvalue weighted by Crippen LogP contribution is -2.38. The molecule has 1 saturated heterocycles. The van der Waals surface area contributed by atoms with Crippen LogP contribution in [0.15, 0.2) is 54.7 Å². The van der Waals surface area contributed by atoms with E-state index >= 15 is 0 Å². The average Bonchev–Trinajstić information content (AvgIpc) is 3.43. The van der Waals surface area contributed by atoms with E-state index in [1.165, 1.54) is 5.56 Å². The molecule has 0 saturated carbocycles. The summed E-state index contributed by atoms with van der Waals surface area (Å²) in [5, 5.41) is 7.02. The van der Waals surface area contributed by atoms with E-state index in [-0.39, 0.29) is 5.91 Å². The number of fused-ring (bicyclic) bond motifs is 1. The van der Waals surface area contributed by atoms with Crippen LogP contribution in [0.25, 0.3) is 22.6 Å². The lowest BCUT2D eigenvalue weighted by molar-refractivity contribution is -0.120. The van der Waals surface area contributed by atoms with Crippen LogP contribution in [0, 0.1) is 0 Å². The number of carbonyl (C=O) groups is 1. The third-order valence-electron chi connectivity index (χ3n) is 7.11. The zero-order valence-corrected chi connectivity index (χ0v) is 23.6. The van der Waals surface area contributed by atoms with Crippen LogP contribution < -0.4 is 20.1 Å². The van der Waals surface area contributed by atoms with Crippen molar-refractivity contribution in [1.82, 2.24) is 25.2 Å². The number of hydrogen-bond acceptors (Lipinski definition) is 7. The molecule has 1 aliphatic heterocycles. The molecule has 0 radical (unpaired) electrons. The number of amides is 1. The molecule has 10 heteroatoms. The molecule has 0 atom stereocenters. The number of methoxy groups -OCH3 is 1. The summed E-state index contributed by atoms with van der Waals surface area (Å²) in [6.45, 7) is 5.64. The van der Waals surface area contributed by atoms with Crippen LogP contribution in [-0.4, -0.2) is 65.2 Å². The van der Waals surface area contributed by atoms with Crippen molar-refractivity contribution in [1.29, 1.82) is 0 Å². The van der Waals surface area contributed by atoms with Crippen LogP contribution >= 0.6 is 11.6 Å². The van der Waals surface area contributed by atoms with Gasteiger partial charge >= 0.3 is 0 Å². The van der Waals surface area contributed by atoms with Crippen LogP contribution in [0.3, 0.4) is 0 Å². The largest absolute Gasteiger partial charge is 0.497 e.